The summed E-state index contributed by atoms with van der Waals surface area (Å²) in [5, 5.41) is 9.28. The lowest BCUT2D eigenvalue weighted by Crippen LogP contribution is -2.48. The van der Waals surface area contributed by atoms with Crippen LogP contribution in [0.5, 0.6) is 0 Å². The van der Waals surface area contributed by atoms with Gasteiger partial charge in [-0.15, -0.1) is 0 Å². The van der Waals surface area contributed by atoms with Crippen LogP contribution in [0.15, 0.2) is 0 Å². The lowest BCUT2D eigenvalue weighted by molar-refractivity contribution is -0.196. The van der Waals surface area contributed by atoms with E-state index in [1.807, 2.05) is 0 Å². The first-order valence-corrected chi connectivity index (χ1v) is 9.55. The van der Waals surface area contributed by atoms with E-state index >= 15 is 0 Å². The Morgan fingerprint density at radius 3 is 1.50 bits per heavy atom. The summed E-state index contributed by atoms with van der Waals surface area (Å²) in [6.45, 7) is 11.1. The van der Waals surface area contributed by atoms with Crippen LogP contribution in [-0.2, 0) is 52.5 Å². The summed E-state index contributed by atoms with van der Waals surface area (Å²) in [5.74, 6) is -7.58. The van der Waals surface area contributed by atoms with Crippen LogP contribution < -0.4 is 0 Å². The molecule has 0 radical (unpaired) electrons. The number of hydrogen-bond donors (Lipinski definition) is 1. The highest BCUT2D eigenvalue weighted by molar-refractivity contribution is 5.90. The van der Waals surface area contributed by atoms with Crippen molar-refractivity contribution < 1.29 is 57.6 Å². The number of aliphatic carboxylic acids is 1. The minimum Gasteiger partial charge on any atom is -0.478 e. The zero-order valence-electron chi connectivity index (χ0n) is 19.4. The number of rotatable bonds is 9. The Balaban J connectivity index is 5.90. The van der Waals surface area contributed by atoms with Crippen LogP contribution in [0.25, 0.3) is 0 Å². The Morgan fingerprint density at radius 2 is 1.12 bits per heavy atom. The summed E-state index contributed by atoms with van der Waals surface area (Å²) < 4.78 is 24.4. The number of carbonyl (C=O) groups excluding carboxylic acids is 5. The molecule has 182 valence electrons. The SMILES string of the molecule is CC(=O)O[C@@H](C(=O)O)[C@@H](OC(C)=O)C(=O)OC(CC(=O)OC(C)(C)C)C(=O)OC(C)(C)C. The third kappa shape index (κ3) is 11.9. The first-order valence-electron chi connectivity index (χ1n) is 9.55. The number of hydrogen-bond acceptors (Lipinski definition) is 11. The Kier molecular flexibility index (Phi) is 10.3. The number of ether oxygens (including phenoxy) is 5. The van der Waals surface area contributed by atoms with E-state index in [1.165, 1.54) is 20.8 Å². The smallest absolute Gasteiger partial charge is 0.352 e. The van der Waals surface area contributed by atoms with Crippen molar-refractivity contribution in [3.8, 4) is 0 Å². The Labute approximate surface area is 185 Å². The number of carboxylic acid groups (broad SMARTS) is 1. The molecule has 1 N–H and O–H groups in total. The summed E-state index contributed by atoms with van der Waals surface area (Å²) in [5.41, 5.74) is -1.93. The molecular formula is C20H30O12. The van der Waals surface area contributed by atoms with Crippen LogP contribution in [-0.4, -0.2) is 70.4 Å². The Bertz CT molecular complexity index is 741. The van der Waals surface area contributed by atoms with E-state index in [9.17, 15) is 33.9 Å². The summed E-state index contributed by atoms with van der Waals surface area (Å²) >= 11 is 0. The Hall–Kier alpha value is -3.18. The zero-order valence-corrected chi connectivity index (χ0v) is 19.4. The van der Waals surface area contributed by atoms with Gasteiger partial charge in [0.15, 0.2) is 0 Å². The third-order valence-electron chi connectivity index (χ3n) is 3.04. The molecule has 32 heavy (non-hydrogen) atoms. The minimum atomic E-state index is -2.26. The molecule has 0 aliphatic heterocycles. The van der Waals surface area contributed by atoms with Crippen molar-refractivity contribution in [2.75, 3.05) is 0 Å². The fraction of sp³-hybridized carbons (Fsp3) is 0.700. The van der Waals surface area contributed by atoms with Crippen molar-refractivity contribution in [2.45, 2.75) is 91.3 Å². The fourth-order valence-electron chi connectivity index (χ4n) is 2.12. The number of carboxylic acids is 1. The largest absolute Gasteiger partial charge is 0.478 e. The van der Waals surface area contributed by atoms with E-state index in [1.54, 1.807) is 20.8 Å². The number of esters is 5. The molecule has 0 bridgehead atoms. The molecule has 0 spiro atoms. The minimum absolute atomic E-state index is 0.768. The maximum absolute atomic E-state index is 12.6. The van der Waals surface area contributed by atoms with Gasteiger partial charge in [-0.1, -0.05) is 0 Å². The first-order chi connectivity index (χ1) is 14.3. The quantitative estimate of drug-likeness (QED) is 0.380. The molecular weight excluding hydrogens is 432 g/mol. The third-order valence-corrected chi connectivity index (χ3v) is 3.04. The monoisotopic (exact) mass is 462 g/mol. The van der Waals surface area contributed by atoms with Gasteiger partial charge in [0.25, 0.3) is 0 Å². The molecule has 3 atom stereocenters. The molecule has 0 saturated heterocycles. The summed E-state index contributed by atoms with van der Waals surface area (Å²) in [6.07, 6.45) is -7.14. The van der Waals surface area contributed by atoms with E-state index in [0.29, 0.717) is 0 Å². The van der Waals surface area contributed by atoms with Gasteiger partial charge in [0.2, 0.25) is 18.3 Å². The van der Waals surface area contributed by atoms with Gasteiger partial charge in [-0.25, -0.2) is 14.4 Å². The van der Waals surface area contributed by atoms with E-state index in [0.717, 1.165) is 13.8 Å². The molecule has 0 rings (SSSR count). The molecule has 12 heteroatoms. The molecule has 0 amide bonds. The highest BCUT2D eigenvalue weighted by Gasteiger charge is 2.43. The van der Waals surface area contributed by atoms with Crippen molar-refractivity contribution in [1.29, 1.82) is 0 Å². The second kappa shape index (κ2) is 11.4. The van der Waals surface area contributed by atoms with Crippen LogP contribution in [0.3, 0.4) is 0 Å². The average Bonchev–Trinajstić information content (AvgIpc) is 2.53. The highest BCUT2D eigenvalue weighted by atomic mass is 16.6. The molecule has 0 heterocycles. The molecule has 0 fully saturated rings. The summed E-state index contributed by atoms with van der Waals surface area (Å²) in [7, 11) is 0. The predicted octanol–water partition coefficient (Wildman–Crippen LogP) is 0.920. The second-order valence-corrected chi connectivity index (χ2v) is 8.65. The van der Waals surface area contributed by atoms with Crippen molar-refractivity contribution in [2.24, 2.45) is 0 Å². The van der Waals surface area contributed by atoms with E-state index < -0.39 is 71.8 Å². The first kappa shape index (κ1) is 28.8. The lowest BCUT2D eigenvalue weighted by Gasteiger charge is -2.27. The van der Waals surface area contributed by atoms with E-state index in [2.05, 4.69) is 9.47 Å². The molecule has 1 unspecified atom stereocenters. The maximum Gasteiger partial charge on any atom is 0.352 e. The van der Waals surface area contributed by atoms with Crippen LogP contribution in [0.1, 0.15) is 61.8 Å². The van der Waals surface area contributed by atoms with E-state index in [-0.39, 0.29) is 0 Å². The highest BCUT2D eigenvalue weighted by Crippen LogP contribution is 2.17. The van der Waals surface area contributed by atoms with Crippen LogP contribution >= 0.6 is 0 Å². The van der Waals surface area contributed by atoms with Gasteiger partial charge >= 0.3 is 35.8 Å². The average molecular weight is 462 g/mol. The molecule has 0 aromatic heterocycles. The Morgan fingerprint density at radius 1 is 0.688 bits per heavy atom. The van der Waals surface area contributed by atoms with Crippen molar-refractivity contribution >= 4 is 35.8 Å². The van der Waals surface area contributed by atoms with E-state index in [4.69, 9.17) is 14.2 Å². The van der Waals surface area contributed by atoms with Crippen LogP contribution in [0.2, 0.25) is 0 Å². The van der Waals surface area contributed by atoms with Crippen LogP contribution in [0.4, 0.5) is 0 Å². The van der Waals surface area contributed by atoms with Crippen LogP contribution in [0, 0.1) is 0 Å². The maximum atomic E-state index is 12.6. The normalized spacial score (nSPS) is 14.2. The van der Waals surface area contributed by atoms with Gasteiger partial charge < -0.3 is 28.8 Å². The molecule has 0 aliphatic rings. The lowest BCUT2D eigenvalue weighted by atomic mass is 10.1. The van der Waals surface area contributed by atoms with Gasteiger partial charge in [-0.2, -0.15) is 0 Å². The predicted molar refractivity (Wildman–Crippen MR) is 105 cm³/mol. The molecule has 0 aliphatic carbocycles. The van der Waals surface area contributed by atoms with Gasteiger partial charge in [0, 0.05) is 13.8 Å². The summed E-state index contributed by atoms with van der Waals surface area (Å²) in [6, 6.07) is 0. The standard InChI is InChI=1S/C20H30O12/c1-10(21)28-14(16(24)25)15(29-11(2)22)18(27)30-12(17(26)32-20(6,7)8)9-13(23)31-19(3,4)5/h12,14-15H,9H2,1-8H3,(H,24,25)/t12?,14-,15-/m1/s1. The van der Waals surface area contributed by atoms with Gasteiger partial charge in [0.05, 0.1) is 6.42 Å². The van der Waals surface area contributed by atoms with Gasteiger partial charge in [0.1, 0.15) is 11.2 Å². The number of carbonyl (C=O) groups is 6. The molecule has 0 saturated carbocycles. The van der Waals surface area contributed by atoms with Gasteiger partial charge in [-0.05, 0) is 41.5 Å². The topological polar surface area (TPSA) is 169 Å². The second-order valence-electron chi connectivity index (χ2n) is 8.65. The zero-order chi connectivity index (χ0) is 25.4. The molecule has 0 aromatic rings. The fourth-order valence-corrected chi connectivity index (χ4v) is 2.12. The molecule has 0 aromatic carbocycles. The van der Waals surface area contributed by atoms with Gasteiger partial charge in [-0.3, -0.25) is 14.4 Å². The summed E-state index contributed by atoms with van der Waals surface area (Å²) in [4.78, 5) is 71.4. The van der Waals surface area contributed by atoms with Crippen molar-refractivity contribution in [1.82, 2.24) is 0 Å². The van der Waals surface area contributed by atoms with Crippen molar-refractivity contribution in [3.05, 3.63) is 0 Å². The van der Waals surface area contributed by atoms with Crippen molar-refractivity contribution in [3.63, 3.8) is 0 Å². The molecule has 12 nitrogen and oxygen atoms in total.